The van der Waals surface area contributed by atoms with Crippen molar-refractivity contribution in [2.45, 2.75) is 46.2 Å². The number of nitrogens with two attached hydrogens (primary N) is 1. The molecule has 0 fully saturated rings. The minimum atomic E-state index is -0.435. The molecule has 0 aliphatic rings. The molecule has 1 aromatic carbocycles. The minimum Gasteiger partial charge on any atom is -0.399 e. The molecule has 0 spiro atoms. The third-order valence-corrected chi connectivity index (χ3v) is 3.51. The van der Waals surface area contributed by atoms with E-state index < -0.39 is 6.04 Å². The van der Waals surface area contributed by atoms with Gasteiger partial charge in [0, 0.05) is 36.2 Å². The van der Waals surface area contributed by atoms with Crippen LogP contribution in [-0.2, 0) is 9.59 Å². The number of aldehydes is 1. The lowest BCUT2D eigenvalue weighted by molar-refractivity contribution is -0.124. The summed E-state index contributed by atoms with van der Waals surface area (Å²) in [4.78, 5) is 34.2. The van der Waals surface area contributed by atoms with Crippen molar-refractivity contribution in [3.63, 3.8) is 0 Å². The molecule has 7 heteroatoms. The van der Waals surface area contributed by atoms with Crippen molar-refractivity contribution >= 4 is 23.8 Å². The smallest absolute Gasteiger partial charge is 0.251 e. The Balaban J connectivity index is 0.00000110. The van der Waals surface area contributed by atoms with Gasteiger partial charge in [0.05, 0.1) is 6.04 Å². The van der Waals surface area contributed by atoms with E-state index in [9.17, 15) is 14.4 Å². The molecule has 0 heterocycles. The predicted molar refractivity (Wildman–Crippen MR) is 105 cm³/mol. The van der Waals surface area contributed by atoms with Crippen LogP contribution in [0.15, 0.2) is 24.3 Å². The number of rotatable bonds is 8. The first-order valence-electron chi connectivity index (χ1n) is 8.76. The summed E-state index contributed by atoms with van der Waals surface area (Å²) in [6.45, 7) is 7.99. The fourth-order valence-electron chi connectivity index (χ4n) is 1.64. The molecule has 1 aromatic rings. The second-order valence-electron chi connectivity index (χ2n) is 6.54. The van der Waals surface area contributed by atoms with E-state index in [4.69, 9.17) is 5.73 Å². The first kappa shape index (κ1) is 23.6. The Kier molecular flexibility index (Phi) is 11.7. The summed E-state index contributed by atoms with van der Waals surface area (Å²) < 4.78 is 0. The summed E-state index contributed by atoms with van der Waals surface area (Å²) in [5.41, 5.74) is 6.58. The van der Waals surface area contributed by atoms with Crippen LogP contribution >= 0.6 is 0 Å². The van der Waals surface area contributed by atoms with E-state index >= 15 is 0 Å². The molecule has 1 rings (SSSR count). The molecule has 0 aromatic heterocycles. The Bertz CT molecular complexity index is 556. The number of carbonyl (C=O) groups excluding carboxylic acids is 3. The van der Waals surface area contributed by atoms with Gasteiger partial charge in [0.1, 0.15) is 6.29 Å². The van der Waals surface area contributed by atoms with Crippen LogP contribution in [0, 0.1) is 5.92 Å². The average Bonchev–Trinajstić information content (AvgIpc) is 2.60. The topological polar surface area (TPSA) is 113 Å². The van der Waals surface area contributed by atoms with Gasteiger partial charge in [0.15, 0.2) is 0 Å². The van der Waals surface area contributed by atoms with E-state index in [0.29, 0.717) is 17.3 Å². The Labute approximate surface area is 156 Å². The van der Waals surface area contributed by atoms with Crippen molar-refractivity contribution in [2.24, 2.45) is 5.92 Å². The molecule has 0 aliphatic heterocycles. The highest BCUT2D eigenvalue weighted by Crippen LogP contribution is 2.06. The van der Waals surface area contributed by atoms with Gasteiger partial charge in [-0.15, -0.1) is 0 Å². The Morgan fingerprint density at radius 1 is 1.12 bits per heavy atom. The summed E-state index contributed by atoms with van der Waals surface area (Å²) >= 11 is 0. The quantitative estimate of drug-likeness (QED) is 0.411. The normalized spacial score (nSPS) is 11.3. The second kappa shape index (κ2) is 12.9. The Morgan fingerprint density at radius 3 is 2.08 bits per heavy atom. The van der Waals surface area contributed by atoms with E-state index in [-0.39, 0.29) is 30.7 Å². The van der Waals surface area contributed by atoms with Gasteiger partial charge in [-0.1, -0.05) is 27.7 Å². The zero-order valence-electron chi connectivity index (χ0n) is 16.3. The fourth-order valence-corrected chi connectivity index (χ4v) is 1.64. The Hall–Kier alpha value is -2.41. The van der Waals surface area contributed by atoms with Crippen molar-refractivity contribution < 1.29 is 14.4 Å². The number of carbonyl (C=O) groups is 3. The number of hydrogen-bond acceptors (Lipinski definition) is 5. The van der Waals surface area contributed by atoms with Crippen molar-refractivity contribution in [1.29, 1.82) is 0 Å². The molecule has 7 nitrogen and oxygen atoms in total. The van der Waals surface area contributed by atoms with E-state index in [0.717, 1.165) is 6.29 Å². The molecule has 26 heavy (non-hydrogen) atoms. The van der Waals surface area contributed by atoms with Gasteiger partial charge in [-0.2, -0.15) is 0 Å². The lowest BCUT2D eigenvalue weighted by atomic mass is 10.1. The summed E-state index contributed by atoms with van der Waals surface area (Å²) in [5.74, 6) is -0.567. The predicted octanol–water partition coefficient (Wildman–Crippen LogP) is 1.34. The third-order valence-electron chi connectivity index (χ3n) is 3.51. The molecule has 1 unspecified atom stereocenters. The van der Waals surface area contributed by atoms with Crippen LogP contribution < -0.4 is 21.7 Å². The number of nitrogen functional groups attached to an aromatic ring is 1. The molecule has 0 radical (unpaired) electrons. The summed E-state index contributed by atoms with van der Waals surface area (Å²) in [7, 11) is 1.95. The third kappa shape index (κ3) is 10.5. The number of nitrogens with one attached hydrogen (secondary N) is 3. The maximum atomic E-state index is 12.0. The fraction of sp³-hybridized carbons (Fsp3) is 0.526. The van der Waals surface area contributed by atoms with Gasteiger partial charge >= 0.3 is 0 Å². The molecule has 0 saturated heterocycles. The van der Waals surface area contributed by atoms with Crippen LogP contribution in [0.2, 0.25) is 0 Å². The summed E-state index contributed by atoms with van der Waals surface area (Å²) in [5, 5.41) is 8.45. The number of anilines is 1. The second-order valence-corrected chi connectivity index (χ2v) is 6.54. The zero-order chi connectivity index (χ0) is 20.1. The van der Waals surface area contributed by atoms with E-state index in [1.165, 1.54) is 0 Å². The monoisotopic (exact) mass is 364 g/mol. The molecule has 0 aliphatic carbocycles. The van der Waals surface area contributed by atoms with Crippen molar-refractivity contribution in [2.75, 3.05) is 19.3 Å². The highest BCUT2D eigenvalue weighted by Gasteiger charge is 2.15. The summed E-state index contributed by atoms with van der Waals surface area (Å²) in [6, 6.07) is 6.67. The first-order chi connectivity index (χ1) is 12.2. The van der Waals surface area contributed by atoms with Crippen LogP contribution in [0.25, 0.3) is 0 Å². The van der Waals surface area contributed by atoms with E-state index in [2.05, 4.69) is 29.8 Å². The van der Waals surface area contributed by atoms with E-state index in [1.807, 2.05) is 7.05 Å². The van der Waals surface area contributed by atoms with Crippen LogP contribution in [0.5, 0.6) is 0 Å². The standard InChI is InChI=1S/C15H21N3O3.C4H11N/c1-10(2)14(20)17-9-13(7-8-19)18-15(21)11-3-5-12(16)6-4-11;1-4(2)5-3/h3-6,8,10,13H,7,9,16H2,1-2H3,(H,17,20)(H,18,21);4-5H,1-3H3. The molecular formula is C19H32N4O3. The number of amides is 2. The average molecular weight is 364 g/mol. The number of benzene rings is 1. The highest BCUT2D eigenvalue weighted by atomic mass is 16.2. The van der Waals surface area contributed by atoms with Gasteiger partial charge in [0.25, 0.3) is 5.91 Å². The van der Waals surface area contributed by atoms with Crippen LogP contribution in [0.3, 0.4) is 0 Å². The zero-order valence-corrected chi connectivity index (χ0v) is 16.3. The van der Waals surface area contributed by atoms with Gasteiger partial charge in [-0.25, -0.2) is 0 Å². The van der Waals surface area contributed by atoms with Crippen molar-refractivity contribution in [3.05, 3.63) is 29.8 Å². The van der Waals surface area contributed by atoms with Gasteiger partial charge in [-0.3, -0.25) is 9.59 Å². The minimum absolute atomic E-state index is 0.118. The van der Waals surface area contributed by atoms with Gasteiger partial charge in [-0.05, 0) is 31.3 Å². The lowest BCUT2D eigenvalue weighted by Crippen LogP contribution is -2.44. The molecule has 146 valence electrons. The maximum absolute atomic E-state index is 12.0. The van der Waals surface area contributed by atoms with Gasteiger partial charge < -0.3 is 26.5 Å². The van der Waals surface area contributed by atoms with Crippen molar-refractivity contribution in [1.82, 2.24) is 16.0 Å². The van der Waals surface area contributed by atoms with Crippen LogP contribution in [0.1, 0.15) is 44.5 Å². The first-order valence-corrected chi connectivity index (χ1v) is 8.76. The molecule has 5 N–H and O–H groups in total. The maximum Gasteiger partial charge on any atom is 0.251 e. The molecule has 1 atom stereocenters. The highest BCUT2D eigenvalue weighted by molar-refractivity contribution is 5.94. The molecule has 2 amide bonds. The van der Waals surface area contributed by atoms with Crippen LogP contribution in [-0.4, -0.2) is 43.8 Å². The summed E-state index contributed by atoms with van der Waals surface area (Å²) in [6.07, 6.45) is 0.856. The number of hydrogen-bond donors (Lipinski definition) is 4. The van der Waals surface area contributed by atoms with E-state index in [1.54, 1.807) is 38.1 Å². The lowest BCUT2D eigenvalue weighted by Gasteiger charge is -2.18. The van der Waals surface area contributed by atoms with Gasteiger partial charge in [0.2, 0.25) is 5.91 Å². The molecule has 0 bridgehead atoms. The van der Waals surface area contributed by atoms with Crippen LogP contribution in [0.4, 0.5) is 5.69 Å². The van der Waals surface area contributed by atoms with Crippen molar-refractivity contribution in [3.8, 4) is 0 Å². The largest absolute Gasteiger partial charge is 0.399 e. The Morgan fingerprint density at radius 2 is 1.65 bits per heavy atom. The molecular weight excluding hydrogens is 332 g/mol. The molecule has 0 saturated carbocycles. The SMILES string of the molecule is CC(C)C(=O)NCC(CC=O)NC(=O)c1ccc(N)cc1.CNC(C)C.